The number of nitrogens with zero attached hydrogens (tertiary/aromatic N) is 3. The fraction of sp³-hybridized carbons (Fsp3) is 0.571. The summed E-state index contributed by atoms with van der Waals surface area (Å²) in [5.74, 6) is 2.12. The van der Waals surface area contributed by atoms with E-state index < -0.39 is 0 Å². The van der Waals surface area contributed by atoms with Crippen molar-refractivity contribution in [2.45, 2.75) is 25.7 Å². The first-order chi connectivity index (χ1) is 8.63. The largest absolute Gasteiger partial charge is 0.370 e. The second-order valence-electron chi connectivity index (χ2n) is 5.26. The summed E-state index contributed by atoms with van der Waals surface area (Å²) >= 11 is 1.20. The van der Waals surface area contributed by atoms with Gasteiger partial charge < -0.3 is 4.90 Å². The minimum Gasteiger partial charge on any atom is -0.370 e. The third-order valence-corrected chi connectivity index (χ3v) is 4.70. The molecule has 1 aliphatic heterocycles. The number of aromatic nitrogens is 1. The van der Waals surface area contributed by atoms with Crippen LogP contribution >= 0.6 is 11.8 Å². The zero-order chi connectivity index (χ0) is 13.1. The van der Waals surface area contributed by atoms with Crippen molar-refractivity contribution >= 4 is 17.4 Å². The molecule has 0 aromatic carbocycles. The second kappa shape index (κ2) is 5.62. The highest BCUT2D eigenvalue weighted by Crippen LogP contribution is 2.35. The van der Waals surface area contributed by atoms with Gasteiger partial charge in [-0.2, -0.15) is 5.26 Å². The average molecular weight is 261 g/mol. The minimum absolute atomic E-state index is 0.682. The van der Waals surface area contributed by atoms with E-state index in [0.29, 0.717) is 11.8 Å². The lowest BCUT2D eigenvalue weighted by Crippen LogP contribution is -2.43. The van der Waals surface area contributed by atoms with Gasteiger partial charge in [0, 0.05) is 25.5 Å². The van der Waals surface area contributed by atoms with Crippen LogP contribution in [0.4, 0.5) is 5.69 Å². The smallest absolute Gasteiger partial charge is 0.138 e. The van der Waals surface area contributed by atoms with E-state index in [-0.39, 0.29) is 0 Å². The maximum Gasteiger partial charge on any atom is 0.138 e. The number of anilines is 1. The summed E-state index contributed by atoms with van der Waals surface area (Å²) in [6.45, 7) is 9.09. The zero-order valence-corrected chi connectivity index (χ0v) is 11.9. The Hall–Kier alpha value is -1.21. The fourth-order valence-electron chi connectivity index (χ4n) is 2.62. The van der Waals surface area contributed by atoms with Crippen molar-refractivity contribution < 1.29 is 0 Å². The summed E-state index contributed by atoms with van der Waals surface area (Å²) in [6.07, 6.45) is 3.60. The molecule has 1 saturated heterocycles. The molecular weight excluding hydrogens is 242 g/mol. The van der Waals surface area contributed by atoms with Crippen molar-refractivity contribution in [3.63, 3.8) is 0 Å². The van der Waals surface area contributed by atoms with Crippen LogP contribution < -0.4 is 4.90 Å². The third kappa shape index (κ3) is 2.62. The van der Waals surface area contributed by atoms with Crippen molar-refractivity contribution in [1.82, 2.24) is 4.98 Å². The lowest BCUT2D eigenvalue weighted by atomic mass is 9.81. The Morgan fingerprint density at radius 3 is 2.61 bits per heavy atom. The van der Waals surface area contributed by atoms with Crippen molar-refractivity contribution in [3.8, 4) is 5.40 Å². The standard InChI is InChI=1S/C14H19N3S/c1-10-7-17(8-11(2)12(10)3)13-4-5-16-6-14(13)18-9-15/h4-6,10-12H,7-8H2,1-3H3/t10-,11+,12+. The number of piperidine rings is 1. The molecule has 2 rings (SSSR count). The Balaban J connectivity index is 2.24. The van der Waals surface area contributed by atoms with Gasteiger partial charge in [0.1, 0.15) is 5.40 Å². The highest BCUT2D eigenvalue weighted by Gasteiger charge is 2.29. The molecule has 96 valence electrons. The van der Waals surface area contributed by atoms with Gasteiger partial charge >= 0.3 is 0 Å². The van der Waals surface area contributed by atoms with Gasteiger partial charge in [-0.05, 0) is 35.6 Å². The lowest BCUT2D eigenvalue weighted by molar-refractivity contribution is 0.240. The molecule has 0 amide bonds. The molecule has 0 unspecified atom stereocenters. The summed E-state index contributed by atoms with van der Waals surface area (Å²) in [6, 6.07) is 2.02. The van der Waals surface area contributed by atoms with Gasteiger partial charge in [-0.3, -0.25) is 4.98 Å². The Bertz CT molecular complexity index is 443. The molecule has 0 N–H and O–H groups in total. The van der Waals surface area contributed by atoms with E-state index in [2.05, 4.69) is 36.1 Å². The molecule has 2 heterocycles. The summed E-state index contributed by atoms with van der Waals surface area (Å²) in [5, 5.41) is 11.0. The molecule has 0 radical (unpaired) electrons. The van der Waals surface area contributed by atoms with Crippen LogP contribution in [0.5, 0.6) is 0 Å². The highest BCUT2D eigenvalue weighted by atomic mass is 32.2. The summed E-state index contributed by atoms with van der Waals surface area (Å²) in [5.41, 5.74) is 1.15. The van der Waals surface area contributed by atoms with E-state index in [9.17, 15) is 0 Å². The Morgan fingerprint density at radius 2 is 2.00 bits per heavy atom. The van der Waals surface area contributed by atoms with Gasteiger partial charge in [0.05, 0.1) is 10.6 Å². The van der Waals surface area contributed by atoms with Crippen LogP contribution in [0.25, 0.3) is 0 Å². The molecule has 1 aliphatic rings. The van der Waals surface area contributed by atoms with E-state index in [1.165, 1.54) is 11.8 Å². The predicted molar refractivity (Wildman–Crippen MR) is 75.4 cm³/mol. The van der Waals surface area contributed by atoms with Gasteiger partial charge in [0.2, 0.25) is 0 Å². The van der Waals surface area contributed by atoms with Crippen molar-refractivity contribution in [2.24, 2.45) is 17.8 Å². The molecule has 3 nitrogen and oxygen atoms in total. The summed E-state index contributed by atoms with van der Waals surface area (Å²) in [4.78, 5) is 7.48. The van der Waals surface area contributed by atoms with Crippen LogP contribution in [0.1, 0.15) is 20.8 Å². The first kappa shape index (κ1) is 13.2. The zero-order valence-electron chi connectivity index (χ0n) is 11.1. The number of nitriles is 1. The van der Waals surface area contributed by atoms with Crippen LogP contribution in [0, 0.1) is 28.4 Å². The quantitative estimate of drug-likeness (QED) is 0.604. The predicted octanol–water partition coefficient (Wildman–Crippen LogP) is 3.38. The van der Waals surface area contributed by atoms with Crippen LogP contribution in [0.2, 0.25) is 0 Å². The number of pyridine rings is 1. The van der Waals surface area contributed by atoms with Crippen LogP contribution in [-0.4, -0.2) is 18.1 Å². The topological polar surface area (TPSA) is 39.9 Å². The van der Waals surface area contributed by atoms with E-state index in [4.69, 9.17) is 5.26 Å². The van der Waals surface area contributed by atoms with E-state index in [1.807, 2.05) is 12.3 Å². The molecular formula is C14H19N3S. The summed E-state index contributed by atoms with van der Waals surface area (Å²) in [7, 11) is 0. The van der Waals surface area contributed by atoms with Crippen LogP contribution in [0.3, 0.4) is 0 Å². The third-order valence-electron chi connectivity index (χ3n) is 4.07. The maximum atomic E-state index is 8.86. The number of thiocyanates is 1. The molecule has 18 heavy (non-hydrogen) atoms. The van der Waals surface area contributed by atoms with Crippen molar-refractivity contribution in [2.75, 3.05) is 18.0 Å². The van der Waals surface area contributed by atoms with Crippen LogP contribution in [0.15, 0.2) is 23.4 Å². The van der Waals surface area contributed by atoms with E-state index >= 15 is 0 Å². The lowest BCUT2D eigenvalue weighted by Gasteiger charge is -2.41. The normalized spacial score (nSPS) is 27.9. The number of hydrogen-bond acceptors (Lipinski definition) is 4. The highest BCUT2D eigenvalue weighted by molar-refractivity contribution is 8.03. The molecule has 4 heteroatoms. The molecule has 0 bridgehead atoms. The number of hydrogen-bond donors (Lipinski definition) is 0. The van der Waals surface area contributed by atoms with E-state index in [0.717, 1.165) is 29.6 Å². The van der Waals surface area contributed by atoms with Crippen molar-refractivity contribution in [1.29, 1.82) is 5.26 Å². The average Bonchev–Trinajstić information content (AvgIpc) is 2.36. The van der Waals surface area contributed by atoms with Crippen molar-refractivity contribution in [3.05, 3.63) is 18.5 Å². The number of thioether (sulfide) groups is 1. The monoisotopic (exact) mass is 261 g/mol. The fourth-order valence-corrected chi connectivity index (χ4v) is 3.14. The van der Waals surface area contributed by atoms with Gasteiger partial charge in [0.25, 0.3) is 0 Å². The Labute approximate surface area is 113 Å². The van der Waals surface area contributed by atoms with Gasteiger partial charge in [-0.15, -0.1) is 0 Å². The Kier molecular flexibility index (Phi) is 4.13. The summed E-state index contributed by atoms with van der Waals surface area (Å²) < 4.78 is 0. The van der Waals surface area contributed by atoms with Gasteiger partial charge in [0.15, 0.2) is 0 Å². The molecule has 1 aromatic rings. The SMILES string of the molecule is C[C@H]1[C@H](C)CN(c2ccncc2SC#N)C[C@@H]1C. The molecule has 0 aliphatic carbocycles. The maximum absolute atomic E-state index is 8.86. The first-order valence-corrected chi connectivity index (χ1v) is 7.20. The Morgan fingerprint density at radius 1 is 1.33 bits per heavy atom. The molecule has 1 aromatic heterocycles. The first-order valence-electron chi connectivity index (χ1n) is 6.38. The molecule has 0 saturated carbocycles. The number of rotatable bonds is 2. The molecule has 3 atom stereocenters. The van der Waals surface area contributed by atoms with Gasteiger partial charge in [-0.1, -0.05) is 20.8 Å². The van der Waals surface area contributed by atoms with Crippen LogP contribution in [-0.2, 0) is 0 Å². The molecule has 1 fully saturated rings. The van der Waals surface area contributed by atoms with Gasteiger partial charge in [-0.25, -0.2) is 0 Å². The second-order valence-corrected chi connectivity index (χ2v) is 6.08. The minimum atomic E-state index is 0.682. The van der Waals surface area contributed by atoms with E-state index in [1.54, 1.807) is 6.20 Å². The molecule has 0 spiro atoms.